The summed E-state index contributed by atoms with van der Waals surface area (Å²) in [5, 5.41) is 9.48. The number of nitrogens with zero attached hydrogens (tertiary/aromatic N) is 1. The van der Waals surface area contributed by atoms with E-state index in [1.807, 2.05) is 4.90 Å². The Kier molecular flexibility index (Phi) is 2.65. The molecule has 82 valence electrons. The summed E-state index contributed by atoms with van der Waals surface area (Å²) in [5.41, 5.74) is -0.517. The van der Waals surface area contributed by atoms with Crippen LogP contribution in [-0.2, 0) is 4.79 Å². The number of rotatable bonds is 2. The lowest BCUT2D eigenvalue weighted by Gasteiger charge is -2.36. The van der Waals surface area contributed by atoms with Crippen molar-refractivity contribution in [3.8, 4) is 0 Å². The van der Waals surface area contributed by atoms with Crippen molar-refractivity contribution >= 4 is 5.91 Å². The number of carbonyl (C=O) groups excluding carboxylic acids is 1. The van der Waals surface area contributed by atoms with Crippen LogP contribution in [0.25, 0.3) is 0 Å². The fraction of sp³-hybridized carbons (Fsp3) is 0.583. The zero-order chi connectivity index (χ0) is 10.9. The van der Waals surface area contributed by atoms with Gasteiger partial charge in [0, 0.05) is 6.42 Å². The predicted molar refractivity (Wildman–Crippen MR) is 58.3 cm³/mol. The summed E-state index contributed by atoms with van der Waals surface area (Å²) in [6.07, 6.45) is 8.98. The van der Waals surface area contributed by atoms with Crippen LogP contribution in [0.4, 0.5) is 0 Å². The lowest BCUT2D eigenvalue weighted by atomic mass is 9.97. The van der Waals surface area contributed by atoms with Crippen LogP contribution in [0, 0.1) is 0 Å². The fourth-order valence-corrected chi connectivity index (χ4v) is 2.59. The molecule has 2 rings (SSSR count). The Bertz CT molecular complexity index is 311. The molecule has 0 aliphatic carbocycles. The van der Waals surface area contributed by atoms with Gasteiger partial charge in [-0.1, -0.05) is 18.2 Å². The van der Waals surface area contributed by atoms with E-state index < -0.39 is 5.54 Å². The van der Waals surface area contributed by atoms with Crippen LogP contribution in [0.15, 0.2) is 24.8 Å². The van der Waals surface area contributed by atoms with Crippen molar-refractivity contribution in [3.05, 3.63) is 24.8 Å². The molecule has 0 unspecified atom stereocenters. The number of carbonyl (C=O) groups is 1. The second-order valence-corrected chi connectivity index (χ2v) is 4.30. The largest absolute Gasteiger partial charge is 0.394 e. The zero-order valence-electron chi connectivity index (χ0n) is 8.85. The highest BCUT2D eigenvalue weighted by Crippen LogP contribution is 2.37. The second-order valence-electron chi connectivity index (χ2n) is 4.30. The summed E-state index contributed by atoms with van der Waals surface area (Å²) >= 11 is 0. The number of allylic oxidation sites excluding steroid dienone is 1. The van der Waals surface area contributed by atoms with E-state index in [0.29, 0.717) is 6.42 Å². The molecule has 2 atom stereocenters. The highest BCUT2D eigenvalue weighted by Gasteiger charge is 2.45. The Morgan fingerprint density at radius 1 is 1.73 bits per heavy atom. The molecule has 1 amide bonds. The first-order chi connectivity index (χ1) is 7.23. The smallest absolute Gasteiger partial charge is 0.224 e. The highest BCUT2D eigenvalue weighted by molar-refractivity contribution is 5.79. The average Bonchev–Trinajstić information content (AvgIpc) is 2.53. The number of aliphatic hydroxyl groups excluding tert-OH is 1. The van der Waals surface area contributed by atoms with Gasteiger partial charge >= 0.3 is 0 Å². The first kappa shape index (κ1) is 10.4. The molecular formula is C12H17NO2. The van der Waals surface area contributed by atoms with Crippen molar-refractivity contribution < 1.29 is 9.90 Å². The van der Waals surface area contributed by atoms with E-state index in [4.69, 9.17) is 0 Å². The van der Waals surface area contributed by atoms with Crippen LogP contribution in [0.1, 0.15) is 25.7 Å². The third-order valence-corrected chi connectivity index (χ3v) is 3.49. The molecular weight excluding hydrogens is 190 g/mol. The van der Waals surface area contributed by atoms with Crippen molar-refractivity contribution in [3.63, 3.8) is 0 Å². The summed E-state index contributed by atoms with van der Waals surface area (Å²) < 4.78 is 0. The fourth-order valence-electron chi connectivity index (χ4n) is 2.59. The first-order valence-corrected chi connectivity index (χ1v) is 5.47. The highest BCUT2D eigenvalue weighted by atomic mass is 16.3. The third-order valence-electron chi connectivity index (χ3n) is 3.49. The van der Waals surface area contributed by atoms with Crippen LogP contribution in [-0.4, -0.2) is 34.1 Å². The lowest BCUT2D eigenvalue weighted by molar-refractivity contribution is -0.136. The summed E-state index contributed by atoms with van der Waals surface area (Å²) in [7, 11) is 0. The Labute approximate surface area is 90.1 Å². The number of amides is 1. The van der Waals surface area contributed by atoms with E-state index in [9.17, 15) is 9.90 Å². The van der Waals surface area contributed by atoms with Gasteiger partial charge in [0.1, 0.15) is 0 Å². The summed E-state index contributed by atoms with van der Waals surface area (Å²) in [5.74, 6) is 0.136. The summed E-state index contributed by atoms with van der Waals surface area (Å²) in [6, 6.07) is 0.158. The topological polar surface area (TPSA) is 40.5 Å². The molecule has 1 N–H and O–H groups in total. The van der Waals surface area contributed by atoms with E-state index in [2.05, 4.69) is 18.7 Å². The number of hydrogen-bond donors (Lipinski definition) is 1. The molecule has 0 radical (unpaired) electrons. The van der Waals surface area contributed by atoms with E-state index >= 15 is 0 Å². The van der Waals surface area contributed by atoms with Crippen molar-refractivity contribution in [2.45, 2.75) is 37.3 Å². The SMILES string of the molecule is C=C[C@]1(CO)CC[C@@H]2C=CCCC(=O)N21. The second kappa shape index (κ2) is 3.81. The maximum Gasteiger partial charge on any atom is 0.224 e. The zero-order valence-corrected chi connectivity index (χ0v) is 8.85. The molecule has 0 bridgehead atoms. The van der Waals surface area contributed by atoms with Crippen molar-refractivity contribution in [2.75, 3.05) is 6.61 Å². The molecule has 2 heterocycles. The molecule has 15 heavy (non-hydrogen) atoms. The molecule has 1 saturated heterocycles. The van der Waals surface area contributed by atoms with Gasteiger partial charge in [-0.25, -0.2) is 0 Å². The van der Waals surface area contributed by atoms with Gasteiger partial charge in [0.15, 0.2) is 0 Å². The van der Waals surface area contributed by atoms with Gasteiger partial charge in [-0.3, -0.25) is 4.79 Å². The maximum absolute atomic E-state index is 12.0. The van der Waals surface area contributed by atoms with Crippen LogP contribution in [0.2, 0.25) is 0 Å². The Hall–Kier alpha value is -1.09. The molecule has 3 nitrogen and oxygen atoms in total. The van der Waals surface area contributed by atoms with Crippen molar-refractivity contribution in [2.24, 2.45) is 0 Å². The Morgan fingerprint density at radius 2 is 2.53 bits per heavy atom. The van der Waals surface area contributed by atoms with Gasteiger partial charge in [0.05, 0.1) is 18.2 Å². The van der Waals surface area contributed by atoms with Gasteiger partial charge in [-0.05, 0) is 19.3 Å². The monoisotopic (exact) mass is 207 g/mol. The van der Waals surface area contributed by atoms with Gasteiger partial charge in [-0.15, -0.1) is 6.58 Å². The van der Waals surface area contributed by atoms with Gasteiger partial charge in [-0.2, -0.15) is 0 Å². The molecule has 1 fully saturated rings. The normalized spacial score (nSPS) is 35.1. The van der Waals surface area contributed by atoms with Crippen molar-refractivity contribution in [1.29, 1.82) is 0 Å². The maximum atomic E-state index is 12.0. The molecule has 2 aliphatic heterocycles. The minimum absolute atomic E-state index is 0.0212. The first-order valence-electron chi connectivity index (χ1n) is 5.47. The molecule has 0 aromatic carbocycles. The standard InChI is InChI=1S/C12H17NO2/c1-2-12(9-14)8-7-10-5-3-4-6-11(15)13(10)12/h2-3,5,10,14H,1,4,6-9H2/t10-,12+/m0/s1. The molecule has 3 heteroatoms. The minimum Gasteiger partial charge on any atom is -0.394 e. The van der Waals surface area contributed by atoms with Gasteiger partial charge in [0.2, 0.25) is 5.91 Å². The number of aliphatic hydroxyl groups is 1. The Balaban J connectivity index is 2.35. The van der Waals surface area contributed by atoms with E-state index in [1.165, 1.54) is 0 Å². The molecule has 0 aromatic heterocycles. The molecule has 2 aliphatic rings. The molecule has 0 saturated carbocycles. The van der Waals surface area contributed by atoms with Crippen LogP contribution in [0.3, 0.4) is 0 Å². The lowest BCUT2D eigenvalue weighted by Crippen LogP contribution is -2.50. The number of hydrogen-bond acceptors (Lipinski definition) is 2. The van der Waals surface area contributed by atoms with Gasteiger partial charge < -0.3 is 10.0 Å². The predicted octanol–water partition coefficient (Wildman–Crippen LogP) is 1.24. The van der Waals surface area contributed by atoms with Crippen LogP contribution < -0.4 is 0 Å². The third kappa shape index (κ3) is 1.51. The van der Waals surface area contributed by atoms with Crippen LogP contribution >= 0.6 is 0 Å². The van der Waals surface area contributed by atoms with Crippen molar-refractivity contribution in [1.82, 2.24) is 4.90 Å². The molecule has 0 spiro atoms. The quantitative estimate of drug-likeness (QED) is 0.692. The van der Waals surface area contributed by atoms with E-state index in [0.717, 1.165) is 19.3 Å². The minimum atomic E-state index is -0.517. The summed E-state index contributed by atoms with van der Waals surface area (Å²) in [4.78, 5) is 13.8. The van der Waals surface area contributed by atoms with E-state index in [1.54, 1.807) is 6.08 Å². The van der Waals surface area contributed by atoms with Crippen LogP contribution in [0.5, 0.6) is 0 Å². The van der Waals surface area contributed by atoms with E-state index in [-0.39, 0.29) is 18.6 Å². The number of fused-ring (bicyclic) bond motifs is 1. The summed E-state index contributed by atoms with van der Waals surface area (Å²) in [6.45, 7) is 3.74. The van der Waals surface area contributed by atoms with Gasteiger partial charge in [0.25, 0.3) is 0 Å². The molecule has 0 aromatic rings. The Morgan fingerprint density at radius 3 is 3.20 bits per heavy atom. The average molecular weight is 207 g/mol.